The van der Waals surface area contributed by atoms with E-state index in [1.54, 1.807) is 18.3 Å². The molecule has 1 fully saturated rings. The second-order valence-electron chi connectivity index (χ2n) is 7.14. The van der Waals surface area contributed by atoms with Crippen LogP contribution < -0.4 is 15.0 Å². The number of nitrogens with zero attached hydrogens (tertiary/aromatic N) is 4. The summed E-state index contributed by atoms with van der Waals surface area (Å²) in [4.78, 5) is 21.1. The molecular formula is C22H27N5O2. The van der Waals surface area contributed by atoms with Crippen molar-refractivity contribution in [1.29, 1.82) is 5.26 Å². The van der Waals surface area contributed by atoms with Gasteiger partial charge >= 0.3 is 0 Å². The number of carbonyl (C=O) groups is 1. The Morgan fingerprint density at radius 2 is 2.07 bits per heavy atom. The van der Waals surface area contributed by atoms with E-state index in [0.717, 1.165) is 43.3 Å². The van der Waals surface area contributed by atoms with Crippen LogP contribution in [0.15, 0.2) is 42.6 Å². The Balaban J connectivity index is 1.42. The standard InChI is InChI=1S/C22H27N5O2/c1-17-5-3-7-20(15-17)29-14-9-25-22(28)18(2)26-10-12-27(13-11-26)21-19(16-23)6-4-8-24-21/h3-8,15,18H,9-14H2,1-2H3,(H,25,28). The Hall–Kier alpha value is -3.11. The van der Waals surface area contributed by atoms with E-state index in [4.69, 9.17) is 4.74 Å². The second kappa shape index (κ2) is 9.89. The van der Waals surface area contributed by atoms with Crippen LogP contribution in [0.5, 0.6) is 5.75 Å². The number of nitriles is 1. The molecule has 1 unspecified atom stereocenters. The molecule has 0 aliphatic carbocycles. The molecule has 1 atom stereocenters. The lowest BCUT2D eigenvalue weighted by Crippen LogP contribution is -2.54. The minimum Gasteiger partial charge on any atom is -0.492 e. The highest BCUT2D eigenvalue weighted by atomic mass is 16.5. The largest absolute Gasteiger partial charge is 0.492 e. The van der Waals surface area contributed by atoms with Crippen molar-refractivity contribution >= 4 is 11.7 Å². The van der Waals surface area contributed by atoms with Gasteiger partial charge in [-0.05, 0) is 43.7 Å². The number of piperazine rings is 1. The van der Waals surface area contributed by atoms with Gasteiger partial charge in [-0.25, -0.2) is 4.98 Å². The van der Waals surface area contributed by atoms with Gasteiger partial charge in [0.15, 0.2) is 0 Å². The van der Waals surface area contributed by atoms with E-state index < -0.39 is 0 Å². The molecule has 2 aromatic rings. The zero-order valence-corrected chi connectivity index (χ0v) is 17.0. The first-order valence-corrected chi connectivity index (χ1v) is 9.90. The number of nitrogens with one attached hydrogen (secondary N) is 1. The van der Waals surface area contributed by atoms with Crippen LogP contribution in [0.4, 0.5) is 5.82 Å². The Morgan fingerprint density at radius 3 is 2.79 bits per heavy atom. The fourth-order valence-corrected chi connectivity index (χ4v) is 3.42. The summed E-state index contributed by atoms with van der Waals surface area (Å²) in [6.07, 6.45) is 1.71. The van der Waals surface area contributed by atoms with Crippen molar-refractivity contribution in [1.82, 2.24) is 15.2 Å². The lowest BCUT2D eigenvalue weighted by Gasteiger charge is -2.38. The summed E-state index contributed by atoms with van der Waals surface area (Å²) >= 11 is 0. The van der Waals surface area contributed by atoms with Gasteiger partial charge in [0.2, 0.25) is 5.91 Å². The Morgan fingerprint density at radius 1 is 1.28 bits per heavy atom. The number of carbonyl (C=O) groups excluding carboxylic acids is 1. The Bertz CT molecular complexity index is 872. The number of pyridine rings is 1. The van der Waals surface area contributed by atoms with E-state index in [9.17, 15) is 10.1 Å². The van der Waals surface area contributed by atoms with Crippen molar-refractivity contribution in [3.05, 3.63) is 53.7 Å². The minimum absolute atomic E-state index is 0.00171. The topological polar surface area (TPSA) is 81.5 Å². The van der Waals surface area contributed by atoms with Crippen molar-refractivity contribution in [2.75, 3.05) is 44.2 Å². The van der Waals surface area contributed by atoms with Crippen molar-refractivity contribution in [3.63, 3.8) is 0 Å². The molecule has 152 valence electrons. The van der Waals surface area contributed by atoms with E-state index in [1.165, 1.54) is 0 Å². The third-order valence-electron chi connectivity index (χ3n) is 5.11. The van der Waals surface area contributed by atoms with Gasteiger partial charge in [0.1, 0.15) is 24.2 Å². The molecule has 29 heavy (non-hydrogen) atoms. The molecule has 1 aliphatic rings. The van der Waals surface area contributed by atoms with Crippen LogP contribution in [-0.2, 0) is 4.79 Å². The van der Waals surface area contributed by atoms with Gasteiger partial charge in [-0.1, -0.05) is 12.1 Å². The van der Waals surface area contributed by atoms with E-state index in [2.05, 4.69) is 26.2 Å². The molecule has 1 aromatic heterocycles. The molecule has 1 saturated heterocycles. The zero-order chi connectivity index (χ0) is 20.6. The number of aromatic nitrogens is 1. The number of hydrogen-bond acceptors (Lipinski definition) is 6. The van der Waals surface area contributed by atoms with Crippen LogP contribution >= 0.6 is 0 Å². The average molecular weight is 393 g/mol. The first-order valence-electron chi connectivity index (χ1n) is 9.90. The summed E-state index contributed by atoms with van der Waals surface area (Å²) in [6, 6.07) is 13.4. The molecular weight excluding hydrogens is 366 g/mol. The Labute approximate surface area is 171 Å². The molecule has 0 bridgehead atoms. The fraction of sp³-hybridized carbons (Fsp3) is 0.409. The Kier molecular flexibility index (Phi) is 7.04. The van der Waals surface area contributed by atoms with Gasteiger partial charge in [0.25, 0.3) is 0 Å². The SMILES string of the molecule is Cc1cccc(OCCNC(=O)C(C)N2CCN(c3ncccc3C#N)CC2)c1. The fourth-order valence-electron chi connectivity index (χ4n) is 3.42. The van der Waals surface area contributed by atoms with Gasteiger partial charge in [-0.3, -0.25) is 9.69 Å². The molecule has 7 heteroatoms. The number of rotatable bonds is 7. The normalized spacial score (nSPS) is 15.4. The quantitative estimate of drug-likeness (QED) is 0.725. The minimum atomic E-state index is -0.213. The first-order chi connectivity index (χ1) is 14.1. The molecule has 3 rings (SSSR count). The molecule has 1 N–H and O–H groups in total. The van der Waals surface area contributed by atoms with Crippen LogP contribution in [0.1, 0.15) is 18.1 Å². The van der Waals surface area contributed by atoms with Crippen molar-refractivity contribution in [2.45, 2.75) is 19.9 Å². The summed E-state index contributed by atoms with van der Waals surface area (Å²) in [7, 11) is 0. The highest BCUT2D eigenvalue weighted by molar-refractivity contribution is 5.81. The maximum absolute atomic E-state index is 12.5. The van der Waals surface area contributed by atoms with E-state index in [0.29, 0.717) is 18.7 Å². The number of ether oxygens (including phenoxy) is 1. The van der Waals surface area contributed by atoms with Crippen LogP contribution in [0.2, 0.25) is 0 Å². The summed E-state index contributed by atoms with van der Waals surface area (Å²) in [5.41, 5.74) is 1.73. The van der Waals surface area contributed by atoms with Crippen LogP contribution in [0, 0.1) is 18.3 Å². The van der Waals surface area contributed by atoms with E-state index >= 15 is 0 Å². The average Bonchev–Trinajstić information content (AvgIpc) is 2.76. The van der Waals surface area contributed by atoms with E-state index in [1.807, 2.05) is 38.1 Å². The van der Waals surface area contributed by atoms with Gasteiger partial charge < -0.3 is 15.0 Å². The molecule has 1 aromatic carbocycles. The van der Waals surface area contributed by atoms with Gasteiger partial charge in [0, 0.05) is 32.4 Å². The second-order valence-corrected chi connectivity index (χ2v) is 7.14. The number of benzene rings is 1. The summed E-state index contributed by atoms with van der Waals surface area (Å²) in [5.74, 6) is 1.54. The van der Waals surface area contributed by atoms with Gasteiger partial charge in [0.05, 0.1) is 18.2 Å². The van der Waals surface area contributed by atoms with Crippen LogP contribution in [0.25, 0.3) is 0 Å². The lowest BCUT2D eigenvalue weighted by molar-refractivity contribution is -0.126. The molecule has 0 saturated carbocycles. The maximum Gasteiger partial charge on any atom is 0.237 e. The van der Waals surface area contributed by atoms with Crippen molar-refractivity contribution in [3.8, 4) is 11.8 Å². The first kappa shape index (κ1) is 20.6. The number of hydrogen-bond donors (Lipinski definition) is 1. The van der Waals surface area contributed by atoms with Gasteiger partial charge in [-0.2, -0.15) is 5.26 Å². The van der Waals surface area contributed by atoms with Crippen molar-refractivity contribution in [2.24, 2.45) is 0 Å². The van der Waals surface area contributed by atoms with Gasteiger partial charge in [-0.15, -0.1) is 0 Å². The molecule has 1 aliphatic heterocycles. The summed E-state index contributed by atoms with van der Waals surface area (Å²) in [5, 5.41) is 12.2. The smallest absolute Gasteiger partial charge is 0.237 e. The third-order valence-corrected chi connectivity index (χ3v) is 5.11. The number of anilines is 1. The maximum atomic E-state index is 12.5. The van der Waals surface area contributed by atoms with E-state index in [-0.39, 0.29) is 11.9 Å². The van der Waals surface area contributed by atoms with Crippen LogP contribution in [-0.4, -0.2) is 61.2 Å². The zero-order valence-electron chi connectivity index (χ0n) is 17.0. The third kappa shape index (κ3) is 5.46. The van der Waals surface area contributed by atoms with Crippen LogP contribution in [0.3, 0.4) is 0 Å². The monoisotopic (exact) mass is 393 g/mol. The molecule has 7 nitrogen and oxygen atoms in total. The molecule has 1 amide bonds. The number of aryl methyl sites for hydroxylation is 1. The molecule has 0 radical (unpaired) electrons. The lowest BCUT2D eigenvalue weighted by atomic mass is 10.2. The highest BCUT2D eigenvalue weighted by Gasteiger charge is 2.26. The summed E-state index contributed by atoms with van der Waals surface area (Å²) in [6.45, 7) is 7.81. The number of amides is 1. The highest BCUT2D eigenvalue weighted by Crippen LogP contribution is 2.19. The summed E-state index contributed by atoms with van der Waals surface area (Å²) < 4.78 is 5.68. The molecule has 2 heterocycles. The predicted molar refractivity (Wildman–Crippen MR) is 112 cm³/mol. The molecule has 0 spiro atoms. The van der Waals surface area contributed by atoms with Crippen molar-refractivity contribution < 1.29 is 9.53 Å². The predicted octanol–water partition coefficient (Wildman–Crippen LogP) is 1.97.